The van der Waals surface area contributed by atoms with Crippen molar-refractivity contribution in [1.29, 1.82) is 0 Å². The topological polar surface area (TPSA) is 83.9 Å². The van der Waals surface area contributed by atoms with Crippen molar-refractivity contribution < 1.29 is 24.2 Å². The first-order chi connectivity index (χ1) is 11.4. The van der Waals surface area contributed by atoms with Gasteiger partial charge in [-0.2, -0.15) is 11.8 Å². The molecule has 0 aliphatic rings. The fraction of sp³-hybridized carbons (Fsp3) is 0.824. The second kappa shape index (κ2) is 14.3. The largest absolute Gasteiger partial charge is 0.481 e. The van der Waals surface area contributed by atoms with E-state index >= 15 is 0 Å². The van der Waals surface area contributed by atoms with Gasteiger partial charge in [-0.05, 0) is 31.9 Å². The Kier molecular flexibility index (Phi) is 13.6. The van der Waals surface area contributed by atoms with E-state index < -0.39 is 5.97 Å². The first-order valence-electron chi connectivity index (χ1n) is 8.60. The lowest BCUT2D eigenvalue weighted by Gasteiger charge is -2.18. The van der Waals surface area contributed by atoms with Gasteiger partial charge in [0.25, 0.3) is 0 Å². The number of thioether (sulfide) groups is 1. The van der Waals surface area contributed by atoms with Crippen LogP contribution in [0.15, 0.2) is 0 Å². The van der Waals surface area contributed by atoms with Crippen molar-refractivity contribution in [3.63, 3.8) is 0 Å². The van der Waals surface area contributed by atoms with Gasteiger partial charge in [-0.1, -0.05) is 20.3 Å². The number of ether oxygens (including phenoxy) is 1. The number of nitrogens with zero attached hydrogens (tertiary/aromatic N) is 1. The maximum absolute atomic E-state index is 12.0. The molecule has 0 radical (unpaired) electrons. The van der Waals surface area contributed by atoms with E-state index in [4.69, 9.17) is 9.84 Å². The summed E-state index contributed by atoms with van der Waals surface area (Å²) in [6.07, 6.45) is 4.36. The molecule has 0 spiro atoms. The van der Waals surface area contributed by atoms with Crippen LogP contribution in [0.4, 0.5) is 0 Å². The van der Waals surface area contributed by atoms with Crippen molar-refractivity contribution in [3.8, 4) is 0 Å². The summed E-state index contributed by atoms with van der Waals surface area (Å²) in [7, 11) is 0. The highest BCUT2D eigenvalue weighted by molar-refractivity contribution is 7.99. The molecular formula is C17H31NO5S. The van der Waals surface area contributed by atoms with Gasteiger partial charge in [0.05, 0.1) is 6.10 Å². The minimum absolute atomic E-state index is 0.0438. The molecule has 0 heterocycles. The monoisotopic (exact) mass is 361 g/mol. The lowest BCUT2D eigenvalue weighted by molar-refractivity contribution is -0.141. The minimum atomic E-state index is -0.924. The predicted molar refractivity (Wildman–Crippen MR) is 96.1 cm³/mol. The maximum atomic E-state index is 12.0. The lowest BCUT2D eigenvalue weighted by atomic mass is 10.2. The number of amides is 2. The van der Waals surface area contributed by atoms with Crippen molar-refractivity contribution in [2.45, 2.75) is 70.7 Å². The van der Waals surface area contributed by atoms with E-state index in [1.54, 1.807) is 11.8 Å². The number of hydrogen-bond donors (Lipinski definition) is 1. The van der Waals surface area contributed by atoms with Gasteiger partial charge in [-0.15, -0.1) is 0 Å². The van der Waals surface area contributed by atoms with Gasteiger partial charge in [0.2, 0.25) is 12.3 Å². The van der Waals surface area contributed by atoms with Gasteiger partial charge in [0.1, 0.15) is 0 Å². The fourth-order valence-electron chi connectivity index (χ4n) is 2.01. The highest BCUT2D eigenvalue weighted by Crippen LogP contribution is 2.18. The Hall–Kier alpha value is -1.08. The van der Waals surface area contributed by atoms with E-state index in [0.29, 0.717) is 6.41 Å². The normalized spacial score (nSPS) is 13.3. The van der Waals surface area contributed by atoms with Crippen LogP contribution in [0.5, 0.6) is 0 Å². The summed E-state index contributed by atoms with van der Waals surface area (Å²) in [6.45, 7) is 7.11. The number of carboxylic acids is 1. The van der Waals surface area contributed by atoms with Crippen LogP contribution in [-0.2, 0) is 19.1 Å². The number of carbonyl (C=O) groups excluding carboxylic acids is 2. The molecule has 2 unspecified atom stereocenters. The van der Waals surface area contributed by atoms with E-state index in [2.05, 4.69) is 13.8 Å². The zero-order chi connectivity index (χ0) is 18.4. The average molecular weight is 362 g/mol. The molecule has 140 valence electrons. The molecule has 0 saturated heterocycles. The van der Waals surface area contributed by atoms with Crippen LogP contribution in [0, 0.1) is 0 Å². The summed E-state index contributed by atoms with van der Waals surface area (Å²) >= 11 is 1.69. The molecule has 6 nitrogen and oxygen atoms in total. The standard InChI is InChI=1S/C17H31NO5S/c1-4-5-10-23-14(2)8-11-24-15(3)12-16(20)18(13-19)9-6-7-17(21)22/h13-15H,4-12H2,1-3H3,(H,21,22). The van der Waals surface area contributed by atoms with E-state index in [1.807, 2.05) is 6.92 Å². The number of imide groups is 1. The van der Waals surface area contributed by atoms with Crippen LogP contribution in [0.1, 0.15) is 59.3 Å². The zero-order valence-electron chi connectivity index (χ0n) is 15.0. The summed E-state index contributed by atoms with van der Waals surface area (Å²) in [5.41, 5.74) is 0. The first kappa shape index (κ1) is 22.9. The van der Waals surface area contributed by atoms with Crippen LogP contribution >= 0.6 is 11.8 Å². The number of aliphatic carboxylic acids is 1. The summed E-state index contributed by atoms with van der Waals surface area (Å²) in [4.78, 5) is 34.6. The summed E-state index contributed by atoms with van der Waals surface area (Å²) in [6, 6.07) is 0. The third-order valence-corrected chi connectivity index (χ3v) is 4.73. The molecule has 2 atom stereocenters. The first-order valence-corrected chi connectivity index (χ1v) is 9.65. The molecule has 1 N–H and O–H groups in total. The third-order valence-electron chi connectivity index (χ3n) is 3.53. The van der Waals surface area contributed by atoms with Gasteiger partial charge >= 0.3 is 5.97 Å². The number of carboxylic acid groups (broad SMARTS) is 1. The van der Waals surface area contributed by atoms with Crippen molar-refractivity contribution in [2.75, 3.05) is 18.9 Å². The Morgan fingerprint density at radius 1 is 1.29 bits per heavy atom. The Labute approximate surface area is 149 Å². The van der Waals surface area contributed by atoms with E-state index in [-0.39, 0.29) is 43.1 Å². The Bertz CT molecular complexity index is 378. The Morgan fingerprint density at radius 3 is 2.58 bits per heavy atom. The molecule has 0 saturated carbocycles. The van der Waals surface area contributed by atoms with Crippen LogP contribution in [0.25, 0.3) is 0 Å². The third kappa shape index (κ3) is 12.4. The maximum Gasteiger partial charge on any atom is 0.303 e. The van der Waals surface area contributed by atoms with Crippen LogP contribution in [0.2, 0.25) is 0 Å². The van der Waals surface area contributed by atoms with E-state index in [9.17, 15) is 14.4 Å². The molecule has 24 heavy (non-hydrogen) atoms. The number of rotatable bonds is 15. The van der Waals surface area contributed by atoms with Crippen molar-refractivity contribution in [2.24, 2.45) is 0 Å². The van der Waals surface area contributed by atoms with Gasteiger partial charge in [0.15, 0.2) is 0 Å². The van der Waals surface area contributed by atoms with Gasteiger partial charge in [-0.3, -0.25) is 19.3 Å². The van der Waals surface area contributed by atoms with Crippen LogP contribution in [-0.4, -0.2) is 58.6 Å². The van der Waals surface area contributed by atoms with Gasteiger partial charge < -0.3 is 9.84 Å². The molecule has 2 amide bonds. The molecule has 0 aromatic heterocycles. The SMILES string of the molecule is CCCCOC(C)CCSC(C)CC(=O)N(C=O)CCCC(=O)O. The van der Waals surface area contributed by atoms with E-state index in [1.165, 1.54) is 0 Å². The van der Waals surface area contributed by atoms with Crippen molar-refractivity contribution in [1.82, 2.24) is 4.90 Å². The lowest BCUT2D eigenvalue weighted by Crippen LogP contribution is -2.32. The smallest absolute Gasteiger partial charge is 0.303 e. The van der Waals surface area contributed by atoms with Crippen molar-refractivity contribution >= 4 is 30.0 Å². The van der Waals surface area contributed by atoms with Gasteiger partial charge in [0, 0.05) is 31.2 Å². The average Bonchev–Trinajstić information content (AvgIpc) is 2.51. The highest BCUT2D eigenvalue weighted by atomic mass is 32.2. The second-order valence-corrected chi connectivity index (χ2v) is 7.45. The minimum Gasteiger partial charge on any atom is -0.481 e. The van der Waals surface area contributed by atoms with Crippen LogP contribution < -0.4 is 0 Å². The number of unbranched alkanes of at least 4 members (excludes halogenated alkanes) is 1. The molecule has 7 heteroatoms. The van der Waals surface area contributed by atoms with Gasteiger partial charge in [-0.25, -0.2) is 0 Å². The second-order valence-electron chi connectivity index (χ2n) is 5.90. The number of carbonyl (C=O) groups is 3. The summed E-state index contributed by atoms with van der Waals surface area (Å²) < 4.78 is 5.68. The quantitative estimate of drug-likeness (QED) is 0.357. The molecule has 0 aliphatic carbocycles. The Balaban J connectivity index is 3.94. The molecule has 0 aliphatic heterocycles. The Morgan fingerprint density at radius 2 is 2.00 bits per heavy atom. The van der Waals surface area contributed by atoms with E-state index in [0.717, 1.165) is 36.5 Å². The highest BCUT2D eigenvalue weighted by Gasteiger charge is 2.17. The van der Waals surface area contributed by atoms with Crippen molar-refractivity contribution in [3.05, 3.63) is 0 Å². The molecule has 0 bridgehead atoms. The summed E-state index contributed by atoms with van der Waals surface area (Å²) in [5.74, 6) is -0.267. The zero-order valence-corrected chi connectivity index (χ0v) is 15.8. The van der Waals surface area contributed by atoms with Crippen LogP contribution in [0.3, 0.4) is 0 Å². The molecule has 0 fully saturated rings. The predicted octanol–water partition coefficient (Wildman–Crippen LogP) is 2.94. The molecular weight excluding hydrogens is 330 g/mol. The molecule has 0 aromatic carbocycles. The number of hydrogen-bond acceptors (Lipinski definition) is 5. The fourth-order valence-corrected chi connectivity index (χ4v) is 3.14. The summed E-state index contributed by atoms with van der Waals surface area (Å²) in [5, 5.41) is 8.70. The molecule has 0 rings (SSSR count). The molecule has 0 aromatic rings.